The molecule has 2 aromatic heterocycles. The molecule has 2 aliphatic rings. The number of nitrogens with one attached hydrogen (secondary N) is 2. The number of nitrogens with zero attached hydrogens (tertiary/aromatic N) is 3. The molecule has 0 atom stereocenters. The van der Waals surface area contributed by atoms with Crippen LogP contribution in [0.2, 0.25) is 0 Å². The van der Waals surface area contributed by atoms with Crippen molar-refractivity contribution in [1.82, 2.24) is 20.1 Å². The number of fused-ring (bicyclic) bond motifs is 1. The van der Waals surface area contributed by atoms with Crippen LogP contribution in [0, 0.1) is 0 Å². The second-order valence-corrected chi connectivity index (χ2v) is 7.14. The molecule has 1 aliphatic heterocycles. The Labute approximate surface area is 167 Å². The molecule has 2 amide bonds. The van der Waals surface area contributed by atoms with E-state index in [1.807, 2.05) is 16.8 Å². The summed E-state index contributed by atoms with van der Waals surface area (Å²) in [7, 11) is 0. The molecule has 1 aromatic carbocycles. The maximum absolute atomic E-state index is 12.2. The van der Waals surface area contributed by atoms with Gasteiger partial charge >= 0.3 is 6.03 Å². The molecule has 0 spiro atoms. The quantitative estimate of drug-likeness (QED) is 0.672. The van der Waals surface area contributed by atoms with E-state index >= 15 is 0 Å². The van der Waals surface area contributed by atoms with Gasteiger partial charge in [0.2, 0.25) is 6.79 Å². The van der Waals surface area contributed by atoms with Crippen molar-refractivity contribution in [3.63, 3.8) is 0 Å². The molecule has 1 aliphatic carbocycles. The average molecular weight is 391 g/mol. The fraction of sp³-hybridized carbons (Fsp3) is 0.286. The van der Waals surface area contributed by atoms with Crippen molar-refractivity contribution in [2.45, 2.75) is 25.3 Å². The first-order valence-electron chi connectivity index (χ1n) is 9.69. The molecule has 148 valence electrons. The molecule has 0 bridgehead atoms. The van der Waals surface area contributed by atoms with Crippen LogP contribution in [0.15, 0.2) is 48.8 Å². The van der Waals surface area contributed by atoms with Crippen LogP contribution in [0.4, 0.5) is 10.5 Å². The minimum atomic E-state index is -0.265. The van der Waals surface area contributed by atoms with Gasteiger partial charge in [-0.15, -0.1) is 0 Å². The minimum absolute atomic E-state index is 0.208. The first kappa shape index (κ1) is 17.5. The maximum atomic E-state index is 12.2. The number of anilines is 1. The lowest BCUT2D eigenvalue weighted by Crippen LogP contribution is -2.31. The highest BCUT2D eigenvalue weighted by atomic mass is 16.7. The molecule has 0 unspecified atom stereocenters. The van der Waals surface area contributed by atoms with Gasteiger partial charge in [0.25, 0.3) is 0 Å². The number of hydrogen-bond donors (Lipinski definition) is 2. The van der Waals surface area contributed by atoms with E-state index in [9.17, 15) is 4.79 Å². The van der Waals surface area contributed by atoms with Gasteiger partial charge in [0, 0.05) is 47.9 Å². The van der Waals surface area contributed by atoms with E-state index in [1.165, 1.54) is 18.5 Å². The van der Waals surface area contributed by atoms with Gasteiger partial charge in [0.1, 0.15) is 0 Å². The minimum Gasteiger partial charge on any atom is -0.454 e. The van der Waals surface area contributed by atoms with Crippen molar-refractivity contribution < 1.29 is 14.3 Å². The van der Waals surface area contributed by atoms with Crippen LogP contribution in [0.1, 0.15) is 24.5 Å². The molecule has 2 N–H and O–H groups in total. The smallest absolute Gasteiger partial charge is 0.319 e. The largest absolute Gasteiger partial charge is 0.454 e. The molecule has 8 nitrogen and oxygen atoms in total. The van der Waals surface area contributed by atoms with Crippen LogP contribution in [0.3, 0.4) is 0 Å². The molecular formula is C21H21N5O3. The van der Waals surface area contributed by atoms with Crippen LogP contribution in [-0.4, -0.2) is 34.1 Å². The van der Waals surface area contributed by atoms with Gasteiger partial charge in [-0.05, 0) is 43.2 Å². The highest BCUT2D eigenvalue weighted by molar-refractivity contribution is 5.89. The first-order chi connectivity index (χ1) is 14.3. The molecule has 1 saturated carbocycles. The number of benzene rings is 1. The summed E-state index contributed by atoms with van der Waals surface area (Å²) in [6.07, 6.45) is 5.93. The Kier molecular flexibility index (Phi) is 4.51. The lowest BCUT2D eigenvalue weighted by atomic mass is 10.2. The van der Waals surface area contributed by atoms with Crippen LogP contribution in [-0.2, 0) is 6.54 Å². The van der Waals surface area contributed by atoms with E-state index in [2.05, 4.69) is 21.7 Å². The van der Waals surface area contributed by atoms with Gasteiger partial charge < -0.3 is 20.1 Å². The van der Waals surface area contributed by atoms with Crippen molar-refractivity contribution in [3.8, 4) is 22.8 Å². The third kappa shape index (κ3) is 3.87. The van der Waals surface area contributed by atoms with Gasteiger partial charge in [0.15, 0.2) is 11.5 Å². The second-order valence-electron chi connectivity index (χ2n) is 7.14. The number of hydrogen-bond acceptors (Lipinski definition) is 5. The number of pyridine rings is 1. The summed E-state index contributed by atoms with van der Waals surface area (Å²) in [6, 6.07) is 11.1. The Bertz CT molecular complexity index is 1030. The second kappa shape index (κ2) is 7.46. The molecule has 0 radical (unpaired) electrons. The summed E-state index contributed by atoms with van der Waals surface area (Å²) in [5.41, 5.74) is 3.88. The Morgan fingerprint density at radius 3 is 2.76 bits per heavy atom. The van der Waals surface area contributed by atoms with Crippen LogP contribution >= 0.6 is 0 Å². The number of carbonyl (C=O) groups excluding carboxylic acids is 1. The van der Waals surface area contributed by atoms with E-state index in [0.717, 1.165) is 11.3 Å². The fourth-order valence-corrected chi connectivity index (χ4v) is 3.41. The number of ether oxygens (including phenoxy) is 2. The Morgan fingerprint density at radius 2 is 1.93 bits per heavy atom. The highest BCUT2D eigenvalue weighted by Crippen LogP contribution is 2.41. The standard InChI is InChI=1S/C21H21N5O3/c27-21(24-16-3-4-19-20(11-16)29-13-28-19)23-9-10-26-18(15-1-2-15)12-17(25-26)14-5-7-22-8-6-14/h3-8,11-12,15H,1-2,9-10,13H2,(H2,23,24,27). The molecule has 3 aromatic rings. The molecule has 1 fully saturated rings. The van der Waals surface area contributed by atoms with Gasteiger partial charge in [0.05, 0.1) is 12.2 Å². The number of rotatable bonds is 6. The van der Waals surface area contributed by atoms with E-state index in [0.29, 0.717) is 36.2 Å². The molecule has 0 saturated heterocycles. The summed E-state index contributed by atoms with van der Waals surface area (Å²) in [6.45, 7) is 1.30. The maximum Gasteiger partial charge on any atom is 0.319 e. The number of urea groups is 1. The van der Waals surface area contributed by atoms with E-state index < -0.39 is 0 Å². The third-order valence-electron chi connectivity index (χ3n) is 5.02. The summed E-state index contributed by atoms with van der Waals surface area (Å²) < 4.78 is 12.6. The van der Waals surface area contributed by atoms with Gasteiger partial charge in [-0.2, -0.15) is 5.10 Å². The molecule has 5 rings (SSSR count). The lowest BCUT2D eigenvalue weighted by Gasteiger charge is -2.10. The summed E-state index contributed by atoms with van der Waals surface area (Å²) >= 11 is 0. The monoisotopic (exact) mass is 391 g/mol. The van der Waals surface area contributed by atoms with Gasteiger partial charge in [-0.25, -0.2) is 4.79 Å². The van der Waals surface area contributed by atoms with E-state index in [4.69, 9.17) is 14.6 Å². The van der Waals surface area contributed by atoms with Crippen LogP contribution < -0.4 is 20.1 Å². The van der Waals surface area contributed by atoms with Crippen LogP contribution in [0.5, 0.6) is 11.5 Å². The topological polar surface area (TPSA) is 90.3 Å². The zero-order valence-electron chi connectivity index (χ0n) is 15.8. The van der Waals surface area contributed by atoms with Gasteiger partial charge in [-0.3, -0.25) is 9.67 Å². The Balaban J connectivity index is 1.20. The first-order valence-corrected chi connectivity index (χ1v) is 9.69. The predicted molar refractivity (Wildman–Crippen MR) is 107 cm³/mol. The molecular weight excluding hydrogens is 370 g/mol. The van der Waals surface area contributed by atoms with Crippen LogP contribution in [0.25, 0.3) is 11.3 Å². The predicted octanol–water partition coefficient (Wildman–Crippen LogP) is 3.37. The lowest BCUT2D eigenvalue weighted by molar-refractivity contribution is 0.174. The van der Waals surface area contributed by atoms with Gasteiger partial charge in [-0.1, -0.05) is 0 Å². The van der Waals surface area contributed by atoms with Crippen molar-refractivity contribution in [2.24, 2.45) is 0 Å². The molecule has 29 heavy (non-hydrogen) atoms. The zero-order valence-corrected chi connectivity index (χ0v) is 15.8. The number of carbonyl (C=O) groups is 1. The fourth-order valence-electron chi connectivity index (χ4n) is 3.41. The summed E-state index contributed by atoms with van der Waals surface area (Å²) in [4.78, 5) is 16.3. The van der Waals surface area contributed by atoms with Crippen molar-refractivity contribution in [3.05, 3.63) is 54.5 Å². The van der Waals surface area contributed by atoms with E-state index in [1.54, 1.807) is 30.6 Å². The SMILES string of the molecule is O=C(NCCn1nc(-c2ccncc2)cc1C1CC1)Nc1ccc2c(c1)OCO2. The van der Waals surface area contributed by atoms with Crippen molar-refractivity contribution in [1.29, 1.82) is 0 Å². The average Bonchev–Trinajstić information content (AvgIpc) is 3.32. The summed E-state index contributed by atoms with van der Waals surface area (Å²) in [5.74, 6) is 1.89. The zero-order chi connectivity index (χ0) is 19.6. The van der Waals surface area contributed by atoms with Crippen molar-refractivity contribution in [2.75, 3.05) is 18.7 Å². The highest BCUT2D eigenvalue weighted by Gasteiger charge is 2.28. The number of aromatic nitrogens is 3. The third-order valence-corrected chi connectivity index (χ3v) is 5.02. The van der Waals surface area contributed by atoms with E-state index in [-0.39, 0.29) is 12.8 Å². The molecule has 8 heteroatoms. The Morgan fingerprint density at radius 1 is 1.10 bits per heavy atom. The normalized spacial score (nSPS) is 14.6. The molecule has 3 heterocycles. The van der Waals surface area contributed by atoms with Crippen molar-refractivity contribution >= 4 is 11.7 Å². The number of amides is 2. The summed E-state index contributed by atoms with van der Waals surface area (Å²) in [5, 5.41) is 10.5. The Hall–Kier alpha value is -3.55.